The molecule has 0 aliphatic carbocycles. The fourth-order valence-corrected chi connectivity index (χ4v) is 1.83. The number of hydrogen-bond donors (Lipinski definition) is 3. The third-order valence-electron chi connectivity index (χ3n) is 2.45. The van der Waals surface area contributed by atoms with Crippen molar-refractivity contribution in [3.8, 4) is 11.5 Å². The number of halogens is 1. The van der Waals surface area contributed by atoms with Crippen LogP contribution < -0.4 is 15.4 Å². The Bertz CT molecular complexity index is 436. The molecule has 16 heavy (non-hydrogen) atoms. The normalized spacial score (nSPS) is 19.1. The number of ether oxygens (including phenoxy) is 1. The predicted molar refractivity (Wildman–Crippen MR) is 58.9 cm³/mol. The van der Waals surface area contributed by atoms with Gasteiger partial charge in [-0.1, -0.05) is 11.6 Å². The number of benzene rings is 1. The van der Waals surface area contributed by atoms with Crippen LogP contribution in [-0.4, -0.2) is 24.8 Å². The van der Waals surface area contributed by atoms with Crippen molar-refractivity contribution >= 4 is 17.6 Å². The summed E-state index contributed by atoms with van der Waals surface area (Å²) in [4.78, 5) is 11.0. The molecule has 0 spiro atoms. The fourth-order valence-electron chi connectivity index (χ4n) is 1.61. The number of urea groups is 1. The van der Waals surface area contributed by atoms with Crippen LogP contribution in [0.25, 0.3) is 0 Å². The molecule has 1 aromatic carbocycles. The number of carbonyl (C=O) groups excluding carboxylic acids is 1. The van der Waals surface area contributed by atoms with Crippen molar-refractivity contribution in [3.05, 3.63) is 22.7 Å². The number of aromatic hydroxyl groups is 1. The summed E-state index contributed by atoms with van der Waals surface area (Å²) in [5.41, 5.74) is 0.790. The summed E-state index contributed by atoms with van der Waals surface area (Å²) in [7, 11) is 1.45. The lowest BCUT2D eigenvalue weighted by Crippen LogP contribution is -2.21. The SMILES string of the molecule is COc1cc([C@@H]2CNC(=O)N2)cc(Cl)c1O. The quantitative estimate of drug-likeness (QED) is 0.734. The second-order valence-electron chi connectivity index (χ2n) is 3.46. The van der Waals surface area contributed by atoms with E-state index < -0.39 is 0 Å². The lowest BCUT2D eigenvalue weighted by Gasteiger charge is -2.12. The van der Waals surface area contributed by atoms with Gasteiger partial charge in [0.15, 0.2) is 11.5 Å². The van der Waals surface area contributed by atoms with Gasteiger partial charge in [0.05, 0.1) is 18.2 Å². The number of hydrogen-bond acceptors (Lipinski definition) is 3. The molecule has 0 bridgehead atoms. The highest BCUT2D eigenvalue weighted by Crippen LogP contribution is 2.36. The number of methoxy groups -OCH3 is 1. The van der Waals surface area contributed by atoms with E-state index in [2.05, 4.69) is 10.6 Å². The molecule has 0 unspecified atom stereocenters. The Balaban J connectivity index is 2.35. The van der Waals surface area contributed by atoms with Gasteiger partial charge < -0.3 is 20.5 Å². The molecule has 1 aliphatic heterocycles. The Morgan fingerprint density at radius 3 is 2.88 bits per heavy atom. The van der Waals surface area contributed by atoms with Gasteiger partial charge in [-0.2, -0.15) is 0 Å². The van der Waals surface area contributed by atoms with E-state index in [1.807, 2.05) is 0 Å². The van der Waals surface area contributed by atoms with Gasteiger partial charge >= 0.3 is 6.03 Å². The van der Waals surface area contributed by atoms with E-state index in [4.69, 9.17) is 16.3 Å². The highest BCUT2D eigenvalue weighted by molar-refractivity contribution is 6.32. The Hall–Kier alpha value is -1.62. The van der Waals surface area contributed by atoms with Crippen LogP contribution in [0.2, 0.25) is 5.02 Å². The predicted octanol–water partition coefficient (Wildman–Crippen LogP) is 1.41. The minimum absolute atomic E-state index is 0.0924. The third kappa shape index (κ3) is 1.86. The number of amides is 2. The zero-order valence-electron chi connectivity index (χ0n) is 8.58. The van der Waals surface area contributed by atoms with Crippen LogP contribution in [0.1, 0.15) is 11.6 Å². The van der Waals surface area contributed by atoms with Gasteiger partial charge in [0.2, 0.25) is 0 Å². The van der Waals surface area contributed by atoms with Crippen LogP contribution in [0.4, 0.5) is 4.79 Å². The summed E-state index contributed by atoms with van der Waals surface area (Å²) in [5.74, 6) is 0.203. The highest BCUT2D eigenvalue weighted by Gasteiger charge is 2.23. The summed E-state index contributed by atoms with van der Waals surface area (Å²) in [6.07, 6.45) is 0. The number of phenolic OH excluding ortho intramolecular Hbond substituents is 1. The maximum Gasteiger partial charge on any atom is 0.315 e. The van der Waals surface area contributed by atoms with E-state index in [-0.39, 0.29) is 22.8 Å². The Labute approximate surface area is 97.4 Å². The van der Waals surface area contributed by atoms with Gasteiger partial charge in [0.1, 0.15) is 0 Å². The maximum absolute atomic E-state index is 11.0. The molecule has 1 saturated heterocycles. The monoisotopic (exact) mass is 242 g/mol. The molecule has 86 valence electrons. The van der Waals surface area contributed by atoms with Crippen LogP contribution in [0, 0.1) is 0 Å². The first-order valence-corrected chi connectivity index (χ1v) is 5.10. The molecular weight excluding hydrogens is 232 g/mol. The van der Waals surface area contributed by atoms with Gasteiger partial charge in [0, 0.05) is 6.54 Å². The van der Waals surface area contributed by atoms with Crippen LogP contribution >= 0.6 is 11.6 Å². The van der Waals surface area contributed by atoms with Crippen molar-refractivity contribution in [2.75, 3.05) is 13.7 Å². The summed E-state index contributed by atoms with van der Waals surface area (Å²) >= 11 is 5.85. The average Bonchev–Trinajstić information content (AvgIpc) is 2.69. The van der Waals surface area contributed by atoms with E-state index in [0.29, 0.717) is 12.3 Å². The van der Waals surface area contributed by atoms with Crippen LogP contribution in [0.15, 0.2) is 12.1 Å². The molecule has 2 rings (SSSR count). The molecule has 1 heterocycles. The molecule has 5 nitrogen and oxygen atoms in total. The highest BCUT2D eigenvalue weighted by atomic mass is 35.5. The molecule has 1 aromatic rings. The van der Waals surface area contributed by atoms with E-state index in [1.165, 1.54) is 7.11 Å². The minimum Gasteiger partial charge on any atom is -0.503 e. The summed E-state index contributed by atoms with van der Waals surface area (Å²) in [6.45, 7) is 0.489. The van der Waals surface area contributed by atoms with E-state index in [9.17, 15) is 9.90 Å². The Kier molecular flexibility index (Phi) is 2.78. The molecule has 0 aromatic heterocycles. The van der Waals surface area contributed by atoms with Crippen LogP contribution in [-0.2, 0) is 0 Å². The van der Waals surface area contributed by atoms with E-state index >= 15 is 0 Å². The van der Waals surface area contributed by atoms with Crippen LogP contribution in [0.5, 0.6) is 11.5 Å². The topological polar surface area (TPSA) is 70.6 Å². The summed E-state index contributed by atoms with van der Waals surface area (Å²) in [5, 5.41) is 15.1. The number of phenols is 1. The summed E-state index contributed by atoms with van der Waals surface area (Å²) in [6, 6.07) is 2.89. The van der Waals surface area contributed by atoms with E-state index in [0.717, 1.165) is 5.56 Å². The van der Waals surface area contributed by atoms with Crippen molar-refractivity contribution in [2.45, 2.75) is 6.04 Å². The molecular formula is C10H11ClN2O3. The van der Waals surface area contributed by atoms with Gasteiger partial charge in [-0.25, -0.2) is 4.79 Å². The van der Waals surface area contributed by atoms with Crippen molar-refractivity contribution in [1.29, 1.82) is 0 Å². The Morgan fingerprint density at radius 2 is 2.31 bits per heavy atom. The number of carbonyl (C=O) groups is 1. The molecule has 1 fully saturated rings. The zero-order chi connectivity index (χ0) is 11.7. The average molecular weight is 243 g/mol. The first-order chi connectivity index (χ1) is 7.61. The molecule has 1 atom stereocenters. The van der Waals surface area contributed by atoms with E-state index in [1.54, 1.807) is 12.1 Å². The zero-order valence-corrected chi connectivity index (χ0v) is 9.34. The van der Waals surface area contributed by atoms with Crippen molar-refractivity contribution in [1.82, 2.24) is 10.6 Å². The van der Waals surface area contributed by atoms with Crippen molar-refractivity contribution in [2.24, 2.45) is 0 Å². The minimum atomic E-state index is -0.215. The van der Waals surface area contributed by atoms with Crippen LogP contribution in [0.3, 0.4) is 0 Å². The molecule has 2 amide bonds. The molecule has 0 saturated carbocycles. The van der Waals surface area contributed by atoms with Gasteiger partial charge in [-0.05, 0) is 17.7 Å². The lowest BCUT2D eigenvalue weighted by molar-refractivity contribution is 0.247. The largest absolute Gasteiger partial charge is 0.503 e. The fraction of sp³-hybridized carbons (Fsp3) is 0.300. The first-order valence-electron chi connectivity index (χ1n) is 4.72. The van der Waals surface area contributed by atoms with Gasteiger partial charge in [0.25, 0.3) is 0 Å². The maximum atomic E-state index is 11.0. The van der Waals surface area contributed by atoms with Crippen molar-refractivity contribution in [3.63, 3.8) is 0 Å². The second-order valence-corrected chi connectivity index (χ2v) is 3.87. The van der Waals surface area contributed by atoms with Crippen molar-refractivity contribution < 1.29 is 14.6 Å². The molecule has 3 N–H and O–H groups in total. The molecule has 6 heteroatoms. The standard InChI is InChI=1S/C10H11ClN2O3/c1-16-8-3-5(2-6(11)9(8)14)7-4-12-10(15)13-7/h2-3,7,14H,4H2,1H3,(H2,12,13,15)/t7-/m0/s1. The smallest absolute Gasteiger partial charge is 0.315 e. The van der Waals surface area contributed by atoms with Gasteiger partial charge in [-0.15, -0.1) is 0 Å². The molecule has 1 aliphatic rings. The number of rotatable bonds is 2. The number of nitrogens with one attached hydrogen (secondary N) is 2. The second kappa shape index (κ2) is 4.09. The Morgan fingerprint density at radius 1 is 1.56 bits per heavy atom. The third-order valence-corrected chi connectivity index (χ3v) is 2.73. The first kappa shape index (κ1) is 10.9. The molecule has 0 radical (unpaired) electrons. The lowest BCUT2D eigenvalue weighted by atomic mass is 10.1. The van der Waals surface area contributed by atoms with Gasteiger partial charge in [-0.3, -0.25) is 0 Å². The summed E-state index contributed by atoms with van der Waals surface area (Å²) < 4.78 is 4.99.